The molecule has 0 radical (unpaired) electrons. The third-order valence-corrected chi connectivity index (χ3v) is 6.75. The highest BCUT2D eigenvalue weighted by molar-refractivity contribution is 7.99. The lowest BCUT2D eigenvalue weighted by Crippen LogP contribution is -2.54. The quantitative estimate of drug-likeness (QED) is 0.822. The number of nitrogens with one attached hydrogen (secondary N) is 1. The zero-order valence-corrected chi connectivity index (χ0v) is 14.9. The van der Waals surface area contributed by atoms with Crippen LogP contribution in [0.5, 0.6) is 0 Å². The average molecular weight is 368 g/mol. The molecule has 2 N–H and O–H groups in total. The second-order valence-electron chi connectivity index (χ2n) is 6.17. The maximum atomic E-state index is 12.3. The summed E-state index contributed by atoms with van der Waals surface area (Å²) in [4.78, 5) is 39.0. The summed E-state index contributed by atoms with van der Waals surface area (Å²) in [5.74, 6) is -0.293. The molecule has 2 aliphatic rings. The van der Waals surface area contributed by atoms with Gasteiger partial charge in [0.05, 0.1) is 0 Å². The number of carboxylic acid groups (broad SMARTS) is 1. The van der Waals surface area contributed by atoms with E-state index in [2.05, 4.69) is 5.32 Å². The van der Waals surface area contributed by atoms with Crippen molar-refractivity contribution < 1.29 is 19.5 Å². The van der Waals surface area contributed by atoms with Crippen LogP contribution in [0.1, 0.15) is 29.7 Å². The van der Waals surface area contributed by atoms with Crippen LogP contribution in [0.3, 0.4) is 0 Å². The van der Waals surface area contributed by atoms with Crippen LogP contribution < -0.4 is 5.32 Å². The highest BCUT2D eigenvalue weighted by Crippen LogP contribution is 2.28. The molecule has 1 aromatic heterocycles. The number of rotatable bonds is 5. The second kappa shape index (κ2) is 7.14. The largest absolute Gasteiger partial charge is 0.479 e. The van der Waals surface area contributed by atoms with Crippen molar-refractivity contribution in [2.45, 2.75) is 37.8 Å². The number of fused-ring (bicyclic) bond motifs is 1. The van der Waals surface area contributed by atoms with Crippen molar-refractivity contribution in [2.75, 3.05) is 18.1 Å². The standard InChI is InChI=1S/C16H20N2O4S2/c19-13(17-16(15(21)22)5-8-23-10-16)1-2-14(20)18-6-3-12-11(9-18)4-7-24-12/h4,7H,1-3,5-6,8-10H2,(H,17,19)(H,21,22). The molecule has 0 saturated carbocycles. The molecule has 3 heterocycles. The third-order valence-electron chi connectivity index (χ3n) is 4.54. The number of hydrogen-bond acceptors (Lipinski definition) is 5. The number of nitrogens with zero attached hydrogens (tertiary/aromatic N) is 1. The number of carbonyl (C=O) groups excluding carboxylic acids is 2. The van der Waals surface area contributed by atoms with Gasteiger partial charge in [0.2, 0.25) is 11.8 Å². The second-order valence-corrected chi connectivity index (χ2v) is 8.28. The van der Waals surface area contributed by atoms with Gasteiger partial charge >= 0.3 is 5.97 Å². The number of thiophene rings is 1. The van der Waals surface area contributed by atoms with Crippen LogP contribution in [0.15, 0.2) is 11.4 Å². The number of carbonyl (C=O) groups is 3. The fourth-order valence-electron chi connectivity index (χ4n) is 3.05. The van der Waals surface area contributed by atoms with Crippen molar-refractivity contribution >= 4 is 40.9 Å². The number of thioether (sulfide) groups is 1. The minimum atomic E-state index is -1.17. The minimum Gasteiger partial charge on any atom is -0.479 e. The summed E-state index contributed by atoms with van der Waals surface area (Å²) in [5, 5.41) is 14.0. The molecule has 0 spiro atoms. The van der Waals surface area contributed by atoms with Gasteiger partial charge in [-0.3, -0.25) is 9.59 Å². The molecule has 130 valence electrons. The number of hydrogen-bond donors (Lipinski definition) is 2. The van der Waals surface area contributed by atoms with Crippen molar-refractivity contribution in [3.8, 4) is 0 Å². The zero-order chi connectivity index (χ0) is 17.2. The first-order valence-corrected chi connectivity index (χ1v) is 9.99. The summed E-state index contributed by atoms with van der Waals surface area (Å²) in [6, 6.07) is 2.04. The molecule has 3 rings (SSSR count). The van der Waals surface area contributed by atoms with Crippen LogP contribution in [-0.2, 0) is 27.3 Å². The smallest absolute Gasteiger partial charge is 0.330 e. The molecule has 0 aliphatic carbocycles. The van der Waals surface area contributed by atoms with Gasteiger partial charge in [0.25, 0.3) is 0 Å². The molecule has 8 heteroatoms. The van der Waals surface area contributed by atoms with Gasteiger partial charge in [-0.1, -0.05) is 0 Å². The maximum absolute atomic E-state index is 12.3. The van der Waals surface area contributed by atoms with Crippen LogP contribution >= 0.6 is 23.1 Å². The average Bonchev–Trinajstić information content (AvgIpc) is 3.21. The van der Waals surface area contributed by atoms with Crippen molar-refractivity contribution in [1.82, 2.24) is 10.2 Å². The normalized spacial score (nSPS) is 22.9. The van der Waals surface area contributed by atoms with Gasteiger partial charge in [-0.05, 0) is 35.6 Å². The van der Waals surface area contributed by atoms with Gasteiger partial charge in [0.15, 0.2) is 0 Å². The molecule has 0 bridgehead atoms. The van der Waals surface area contributed by atoms with Gasteiger partial charge in [-0.2, -0.15) is 11.8 Å². The molecule has 1 aromatic rings. The summed E-state index contributed by atoms with van der Waals surface area (Å²) in [6.45, 7) is 1.29. The Balaban J connectivity index is 1.49. The Morgan fingerprint density at radius 2 is 2.17 bits per heavy atom. The van der Waals surface area contributed by atoms with Gasteiger partial charge in [-0.15, -0.1) is 11.3 Å². The van der Waals surface area contributed by atoms with Crippen molar-refractivity contribution in [2.24, 2.45) is 0 Å². The molecule has 1 unspecified atom stereocenters. The van der Waals surface area contributed by atoms with Crippen molar-refractivity contribution in [1.29, 1.82) is 0 Å². The maximum Gasteiger partial charge on any atom is 0.330 e. The molecule has 2 amide bonds. The Morgan fingerprint density at radius 1 is 1.33 bits per heavy atom. The Labute approximate surface area is 148 Å². The molecule has 1 saturated heterocycles. The summed E-state index contributed by atoms with van der Waals surface area (Å²) in [7, 11) is 0. The predicted octanol–water partition coefficient (Wildman–Crippen LogP) is 1.49. The molecule has 24 heavy (non-hydrogen) atoms. The lowest BCUT2D eigenvalue weighted by atomic mass is 9.99. The van der Waals surface area contributed by atoms with Crippen LogP contribution in [0.2, 0.25) is 0 Å². The summed E-state index contributed by atoms with van der Waals surface area (Å²) >= 11 is 3.24. The molecule has 1 atom stereocenters. The van der Waals surface area contributed by atoms with Crippen LogP contribution in [0, 0.1) is 0 Å². The lowest BCUT2D eigenvalue weighted by Gasteiger charge is -2.27. The first-order valence-electron chi connectivity index (χ1n) is 7.95. The van der Waals surface area contributed by atoms with E-state index in [1.54, 1.807) is 16.2 Å². The summed E-state index contributed by atoms with van der Waals surface area (Å²) in [5.41, 5.74) is 0.0264. The van der Waals surface area contributed by atoms with Crippen LogP contribution in [0.4, 0.5) is 0 Å². The molecule has 1 fully saturated rings. The Bertz CT molecular complexity index is 652. The lowest BCUT2D eigenvalue weighted by molar-refractivity contribution is -0.146. The van der Waals surface area contributed by atoms with E-state index in [-0.39, 0.29) is 24.7 Å². The molecule has 0 aromatic carbocycles. The first kappa shape index (κ1) is 17.3. The first-order chi connectivity index (χ1) is 11.5. The van der Waals surface area contributed by atoms with Gasteiger partial charge < -0.3 is 15.3 Å². The third kappa shape index (κ3) is 3.59. The van der Waals surface area contributed by atoms with E-state index in [1.165, 1.54) is 22.2 Å². The van der Waals surface area contributed by atoms with E-state index in [9.17, 15) is 19.5 Å². The van der Waals surface area contributed by atoms with Crippen molar-refractivity contribution in [3.63, 3.8) is 0 Å². The molecule has 6 nitrogen and oxygen atoms in total. The van der Waals surface area contributed by atoms with E-state index >= 15 is 0 Å². The number of amides is 2. The zero-order valence-electron chi connectivity index (χ0n) is 13.2. The topological polar surface area (TPSA) is 86.7 Å². The fraction of sp³-hybridized carbons (Fsp3) is 0.562. The summed E-state index contributed by atoms with van der Waals surface area (Å²) < 4.78 is 0. The van der Waals surface area contributed by atoms with E-state index in [1.807, 2.05) is 11.4 Å². The van der Waals surface area contributed by atoms with E-state index in [0.29, 0.717) is 25.3 Å². The van der Waals surface area contributed by atoms with E-state index < -0.39 is 11.5 Å². The number of aliphatic carboxylic acids is 1. The molecular weight excluding hydrogens is 348 g/mol. The minimum absolute atomic E-state index is 0.0333. The monoisotopic (exact) mass is 368 g/mol. The molecule has 2 aliphatic heterocycles. The Hall–Kier alpha value is -1.54. The predicted molar refractivity (Wildman–Crippen MR) is 93.1 cm³/mol. The van der Waals surface area contributed by atoms with Crippen LogP contribution in [-0.4, -0.2) is 51.4 Å². The Morgan fingerprint density at radius 3 is 2.88 bits per heavy atom. The number of carboxylic acids is 1. The Kier molecular flexibility index (Phi) is 5.15. The van der Waals surface area contributed by atoms with Gasteiger partial charge in [0, 0.05) is 36.6 Å². The van der Waals surface area contributed by atoms with Crippen LogP contribution in [0.25, 0.3) is 0 Å². The van der Waals surface area contributed by atoms with Crippen molar-refractivity contribution in [3.05, 3.63) is 21.9 Å². The van der Waals surface area contributed by atoms with E-state index in [4.69, 9.17) is 0 Å². The highest BCUT2D eigenvalue weighted by Gasteiger charge is 2.43. The fourth-order valence-corrected chi connectivity index (χ4v) is 5.27. The summed E-state index contributed by atoms with van der Waals surface area (Å²) in [6.07, 6.45) is 1.45. The van der Waals surface area contributed by atoms with E-state index in [0.717, 1.165) is 12.2 Å². The van der Waals surface area contributed by atoms with Gasteiger partial charge in [0.1, 0.15) is 5.54 Å². The van der Waals surface area contributed by atoms with Gasteiger partial charge in [-0.25, -0.2) is 4.79 Å². The SMILES string of the molecule is O=C(CCC(=O)N1CCc2sccc2C1)NC1(C(=O)O)CCSC1. The molecular formula is C16H20N2O4S2. The highest BCUT2D eigenvalue weighted by atomic mass is 32.2.